The van der Waals surface area contributed by atoms with Crippen molar-refractivity contribution in [3.63, 3.8) is 0 Å². The van der Waals surface area contributed by atoms with E-state index in [0.717, 1.165) is 24.0 Å². The summed E-state index contributed by atoms with van der Waals surface area (Å²) in [7, 11) is -3.00. The summed E-state index contributed by atoms with van der Waals surface area (Å²) in [6.45, 7) is 4.05. The lowest BCUT2D eigenvalue weighted by molar-refractivity contribution is 0.177. The second kappa shape index (κ2) is 8.75. The molecular weight excluding hydrogens is 414 g/mol. The van der Waals surface area contributed by atoms with Crippen molar-refractivity contribution in [1.82, 2.24) is 14.7 Å². The molecule has 8 nitrogen and oxygen atoms in total. The van der Waals surface area contributed by atoms with Crippen LogP contribution in [0.2, 0.25) is 0 Å². The molecule has 0 aliphatic rings. The first-order chi connectivity index (χ1) is 13.8. The van der Waals surface area contributed by atoms with E-state index in [2.05, 4.69) is 14.7 Å². The van der Waals surface area contributed by atoms with Gasteiger partial charge in [0.2, 0.25) is 0 Å². The van der Waals surface area contributed by atoms with Crippen molar-refractivity contribution in [1.29, 1.82) is 0 Å². The minimum Gasteiger partial charge on any atom is -0.452 e. The first kappa shape index (κ1) is 21.0. The number of oxazole rings is 1. The molecule has 1 aromatic carbocycles. The van der Waals surface area contributed by atoms with Crippen LogP contribution in [-0.2, 0) is 27.6 Å². The minimum atomic E-state index is -4.11. The van der Waals surface area contributed by atoms with Crippen LogP contribution in [0.25, 0.3) is 11.3 Å². The Hall–Kier alpha value is -2.72. The van der Waals surface area contributed by atoms with Gasteiger partial charge >= 0.3 is 6.09 Å². The average Bonchev–Trinajstić information content (AvgIpc) is 3.32. The van der Waals surface area contributed by atoms with Crippen molar-refractivity contribution in [2.24, 2.45) is 5.92 Å². The number of hydrogen-bond donors (Lipinski definition) is 1. The Morgan fingerprint density at radius 2 is 2.00 bits per heavy atom. The van der Waals surface area contributed by atoms with Crippen LogP contribution in [0.15, 0.2) is 45.4 Å². The third kappa shape index (κ3) is 5.21. The van der Waals surface area contributed by atoms with Gasteiger partial charge in [0.05, 0.1) is 18.3 Å². The lowest BCUT2D eigenvalue weighted by Gasteiger charge is -2.06. The highest BCUT2D eigenvalue weighted by Gasteiger charge is 2.27. The Labute approximate surface area is 173 Å². The molecule has 0 saturated heterocycles. The van der Waals surface area contributed by atoms with Crippen LogP contribution in [0.4, 0.5) is 4.79 Å². The van der Waals surface area contributed by atoms with Crippen LogP contribution < -0.4 is 4.72 Å². The number of ether oxygens (including phenoxy) is 1. The summed E-state index contributed by atoms with van der Waals surface area (Å²) in [6, 6.07) is 7.32. The highest BCUT2D eigenvalue weighted by atomic mass is 32.2. The molecule has 2 aromatic heterocycles. The fourth-order valence-corrected chi connectivity index (χ4v) is 5.34. The molecule has 0 radical (unpaired) electrons. The maximum Gasteiger partial charge on any atom is 0.420 e. The molecule has 2 heterocycles. The molecule has 0 saturated carbocycles. The number of benzene rings is 1. The molecule has 0 bridgehead atoms. The number of methoxy groups -OCH3 is 1. The van der Waals surface area contributed by atoms with Crippen LogP contribution in [0, 0.1) is 5.92 Å². The number of carbonyl (C=O) groups excluding carboxylic acids is 1. The molecule has 0 aliphatic heterocycles. The van der Waals surface area contributed by atoms with Crippen molar-refractivity contribution in [2.75, 3.05) is 7.11 Å². The molecule has 3 aromatic rings. The van der Waals surface area contributed by atoms with Gasteiger partial charge in [-0.2, -0.15) is 0 Å². The van der Waals surface area contributed by atoms with Gasteiger partial charge in [-0.15, -0.1) is 11.3 Å². The normalized spacial score (nSPS) is 11.6. The highest BCUT2D eigenvalue weighted by molar-refractivity contribution is 7.92. The number of rotatable bonds is 7. The smallest absolute Gasteiger partial charge is 0.420 e. The lowest BCUT2D eigenvalue weighted by Crippen LogP contribution is -2.30. The zero-order valence-electron chi connectivity index (χ0n) is 16.2. The van der Waals surface area contributed by atoms with E-state index in [-0.39, 0.29) is 4.21 Å². The fraction of sp³-hybridized carbons (Fsp3) is 0.316. The quantitative estimate of drug-likeness (QED) is 0.603. The average molecular weight is 436 g/mol. The van der Waals surface area contributed by atoms with Gasteiger partial charge in [-0.05, 0) is 11.5 Å². The maximum absolute atomic E-state index is 12.7. The number of hydrogen-bond acceptors (Lipinski definition) is 8. The Balaban J connectivity index is 1.96. The summed E-state index contributed by atoms with van der Waals surface area (Å²) in [4.78, 5) is 20.1. The van der Waals surface area contributed by atoms with Crippen LogP contribution in [0.3, 0.4) is 0 Å². The third-order valence-electron chi connectivity index (χ3n) is 3.94. The van der Waals surface area contributed by atoms with E-state index in [1.165, 1.54) is 6.26 Å². The first-order valence-electron chi connectivity index (χ1n) is 8.86. The summed E-state index contributed by atoms with van der Waals surface area (Å²) in [5.74, 6) is 0.900. The Kier molecular flexibility index (Phi) is 6.33. The molecule has 3 rings (SSSR count). The Bertz CT molecular complexity index is 1070. The van der Waals surface area contributed by atoms with Gasteiger partial charge in [0.15, 0.2) is 10.1 Å². The molecular formula is C19H21N3O5S2. The van der Waals surface area contributed by atoms with Gasteiger partial charge in [0.1, 0.15) is 12.0 Å². The second-order valence-corrected chi connectivity index (χ2v) is 9.70. The highest BCUT2D eigenvalue weighted by Crippen LogP contribution is 2.33. The van der Waals surface area contributed by atoms with E-state index in [4.69, 9.17) is 4.42 Å². The van der Waals surface area contributed by atoms with Crippen molar-refractivity contribution < 1.29 is 22.4 Å². The number of nitrogens with one attached hydrogen (secondary N) is 1. The molecule has 29 heavy (non-hydrogen) atoms. The monoisotopic (exact) mass is 435 g/mol. The van der Waals surface area contributed by atoms with Crippen LogP contribution in [0.5, 0.6) is 0 Å². The van der Waals surface area contributed by atoms with Crippen LogP contribution in [0.1, 0.15) is 30.3 Å². The summed E-state index contributed by atoms with van der Waals surface area (Å²) in [5, 5.41) is 0.684. The van der Waals surface area contributed by atoms with Gasteiger partial charge in [-0.25, -0.2) is 27.9 Å². The standard InChI is InChI=1S/C19H21N3O5S2/c1-12(2)10-16-21-17(18(28-16)29(24,25)22-19(23)26-3)14-6-4-13(5-7-14)11-15-20-8-9-27-15/h4-9,12H,10-11H2,1-3H3,(H,22,23). The van der Waals surface area contributed by atoms with Crippen LogP contribution in [-0.4, -0.2) is 31.6 Å². The molecule has 1 amide bonds. The topological polar surface area (TPSA) is 111 Å². The van der Waals surface area contributed by atoms with E-state index in [1.54, 1.807) is 18.3 Å². The molecule has 154 valence electrons. The summed E-state index contributed by atoms with van der Waals surface area (Å²) in [6.07, 6.45) is 3.21. The number of nitrogens with zero attached hydrogens (tertiary/aromatic N) is 2. The van der Waals surface area contributed by atoms with Gasteiger partial charge < -0.3 is 9.15 Å². The zero-order chi connectivity index (χ0) is 21.0. The van der Waals surface area contributed by atoms with E-state index in [1.807, 2.05) is 30.7 Å². The number of aromatic nitrogens is 2. The zero-order valence-corrected chi connectivity index (χ0v) is 17.8. The van der Waals surface area contributed by atoms with E-state index < -0.39 is 16.1 Å². The van der Waals surface area contributed by atoms with Gasteiger partial charge in [0.25, 0.3) is 10.0 Å². The number of carbonyl (C=O) groups is 1. The number of sulfonamides is 1. The third-order valence-corrected chi connectivity index (χ3v) is 6.83. The van der Waals surface area contributed by atoms with Crippen molar-refractivity contribution in [3.05, 3.63) is 53.2 Å². The predicted molar refractivity (Wildman–Crippen MR) is 108 cm³/mol. The maximum atomic E-state index is 12.7. The molecule has 0 spiro atoms. The molecule has 1 N–H and O–H groups in total. The minimum absolute atomic E-state index is 0.0148. The van der Waals surface area contributed by atoms with Gasteiger partial charge in [0, 0.05) is 18.4 Å². The lowest BCUT2D eigenvalue weighted by atomic mass is 10.1. The molecule has 10 heteroatoms. The summed E-state index contributed by atoms with van der Waals surface area (Å²) in [5.41, 5.74) is 1.91. The largest absolute Gasteiger partial charge is 0.452 e. The number of thiazole rings is 1. The SMILES string of the molecule is COC(=O)NS(=O)(=O)c1sc(CC(C)C)nc1-c1ccc(Cc2ncco2)cc1. The summed E-state index contributed by atoms with van der Waals surface area (Å²) >= 11 is 1.06. The fourth-order valence-electron chi connectivity index (χ4n) is 2.64. The summed E-state index contributed by atoms with van der Waals surface area (Å²) < 4.78 is 37.0. The second-order valence-electron chi connectivity index (χ2n) is 6.74. The van der Waals surface area contributed by atoms with Gasteiger partial charge in [-0.1, -0.05) is 38.1 Å². The molecule has 0 aliphatic carbocycles. The molecule has 0 fully saturated rings. The van der Waals surface area contributed by atoms with Crippen molar-refractivity contribution in [3.8, 4) is 11.3 Å². The Morgan fingerprint density at radius 3 is 2.59 bits per heavy atom. The van der Waals surface area contributed by atoms with Crippen LogP contribution >= 0.6 is 11.3 Å². The number of amides is 1. The molecule has 0 unspecified atom stereocenters. The van der Waals surface area contributed by atoms with Crippen molar-refractivity contribution >= 4 is 27.5 Å². The van der Waals surface area contributed by atoms with Gasteiger partial charge in [-0.3, -0.25) is 0 Å². The van der Waals surface area contributed by atoms with E-state index in [0.29, 0.717) is 40.9 Å². The molecule has 0 atom stereocenters. The first-order valence-corrected chi connectivity index (χ1v) is 11.2. The van der Waals surface area contributed by atoms with E-state index in [9.17, 15) is 13.2 Å². The Morgan fingerprint density at radius 1 is 1.28 bits per heavy atom. The van der Waals surface area contributed by atoms with E-state index >= 15 is 0 Å². The predicted octanol–water partition coefficient (Wildman–Crippen LogP) is 3.63. The van der Waals surface area contributed by atoms with Crippen molar-refractivity contribution in [2.45, 2.75) is 30.9 Å².